The van der Waals surface area contributed by atoms with Gasteiger partial charge in [-0.25, -0.2) is 4.98 Å². The van der Waals surface area contributed by atoms with Crippen LogP contribution in [0.4, 0.5) is 5.82 Å². The van der Waals surface area contributed by atoms with E-state index in [2.05, 4.69) is 12.1 Å². The zero-order valence-corrected chi connectivity index (χ0v) is 17.8. The maximum absolute atomic E-state index is 12.2. The highest BCUT2D eigenvalue weighted by Gasteiger charge is 2.29. The van der Waals surface area contributed by atoms with Crippen molar-refractivity contribution in [1.82, 2.24) is 4.98 Å². The van der Waals surface area contributed by atoms with E-state index in [0.717, 1.165) is 23.7 Å². The quantitative estimate of drug-likeness (QED) is 0.683. The lowest BCUT2D eigenvalue weighted by molar-refractivity contribution is -0.117. The Balaban J connectivity index is 2.13. The first-order valence-corrected chi connectivity index (χ1v) is 10.6. The van der Waals surface area contributed by atoms with E-state index in [4.69, 9.17) is 15.5 Å². The second kappa shape index (κ2) is 9.62. The third-order valence-corrected chi connectivity index (χ3v) is 6.46. The number of benzene rings is 1. The molecule has 7 nitrogen and oxygen atoms in total. The number of pyridine rings is 1. The van der Waals surface area contributed by atoms with Crippen molar-refractivity contribution in [3.8, 4) is 12.1 Å². The molecular weight excluding hydrogens is 398 g/mol. The fraction of sp³-hybridized carbons (Fsp3) is 0.364. The molecule has 1 aromatic carbocycles. The minimum atomic E-state index is -0.698. The Morgan fingerprint density at radius 2 is 2.03 bits per heavy atom. The summed E-state index contributed by atoms with van der Waals surface area (Å²) in [5.41, 5.74) is 7.77. The molecule has 2 aromatic rings. The van der Waals surface area contributed by atoms with Crippen molar-refractivity contribution in [2.45, 2.75) is 36.1 Å². The van der Waals surface area contributed by atoms with Crippen LogP contribution in [0.5, 0.6) is 0 Å². The Morgan fingerprint density at radius 1 is 1.33 bits per heavy atom. The van der Waals surface area contributed by atoms with E-state index < -0.39 is 11.2 Å². The lowest BCUT2D eigenvalue weighted by Gasteiger charge is -2.27. The molecule has 0 bridgehead atoms. The monoisotopic (exact) mass is 421 g/mol. The zero-order valence-electron chi connectivity index (χ0n) is 17.0. The van der Waals surface area contributed by atoms with E-state index in [9.17, 15) is 15.3 Å². The number of thioether (sulfide) groups is 1. The van der Waals surface area contributed by atoms with Crippen LogP contribution in [0.3, 0.4) is 0 Å². The largest absolute Gasteiger partial charge is 0.379 e. The molecule has 8 heteroatoms. The molecule has 2 unspecified atom stereocenters. The highest BCUT2D eigenvalue weighted by atomic mass is 32.2. The molecule has 2 heterocycles. The molecule has 0 saturated carbocycles. The van der Waals surface area contributed by atoms with Gasteiger partial charge in [0, 0.05) is 13.7 Å². The number of anilines is 1. The minimum Gasteiger partial charge on any atom is -0.379 e. The van der Waals surface area contributed by atoms with E-state index in [1.165, 1.54) is 0 Å². The summed E-state index contributed by atoms with van der Waals surface area (Å²) in [6.45, 7) is 3.12. The Morgan fingerprint density at radius 3 is 2.57 bits per heavy atom. The van der Waals surface area contributed by atoms with Crippen molar-refractivity contribution in [1.29, 1.82) is 10.5 Å². The number of ether oxygens (including phenoxy) is 1. The molecule has 0 aliphatic carbocycles. The Bertz CT molecular complexity index is 1010. The molecule has 1 aromatic heterocycles. The van der Waals surface area contributed by atoms with E-state index in [0.29, 0.717) is 47.2 Å². The number of hydrogen-bond donors (Lipinski definition) is 1. The standard InChI is InChI=1S/C22H23N5O2S/c1-3-16-17(11-23)21(27(2)15-9-10-29-13-15)26-22(18(16)12-24)30-19(20(25)28)14-7-5-4-6-8-14/h4-8,15,19H,3,9-10,13H2,1-2H3,(H2,25,28). The lowest BCUT2D eigenvalue weighted by atomic mass is 10.0. The summed E-state index contributed by atoms with van der Waals surface area (Å²) in [5, 5.41) is 19.4. The number of nitrogens with zero attached hydrogens (tertiary/aromatic N) is 4. The van der Waals surface area contributed by atoms with Gasteiger partial charge in [0.1, 0.15) is 28.2 Å². The summed E-state index contributed by atoms with van der Waals surface area (Å²) in [7, 11) is 1.88. The number of nitriles is 2. The summed E-state index contributed by atoms with van der Waals surface area (Å²) in [6.07, 6.45) is 1.33. The van der Waals surface area contributed by atoms with Crippen molar-refractivity contribution >= 4 is 23.5 Å². The van der Waals surface area contributed by atoms with Gasteiger partial charge in [0.15, 0.2) is 0 Å². The number of hydrogen-bond acceptors (Lipinski definition) is 7. The first kappa shape index (κ1) is 21.6. The summed E-state index contributed by atoms with van der Waals surface area (Å²) in [5.74, 6) is -0.0129. The van der Waals surface area contributed by atoms with Gasteiger partial charge in [-0.05, 0) is 24.0 Å². The van der Waals surface area contributed by atoms with Gasteiger partial charge >= 0.3 is 0 Å². The fourth-order valence-electron chi connectivity index (χ4n) is 3.55. The van der Waals surface area contributed by atoms with Crippen LogP contribution >= 0.6 is 11.8 Å². The number of carbonyl (C=O) groups is 1. The van der Waals surface area contributed by atoms with E-state index >= 15 is 0 Å². The molecule has 154 valence electrons. The molecule has 2 atom stereocenters. The summed E-state index contributed by atoms with van der Waals surface area (Å²) in [6, 6.07) is 13.7. The molecule has 1 saturated heterocycles. The maximum atomic E-state index is 12.2. The Kier molecular flexibility index (Phi) is 6.94. The second-order valence-corrected chi connectivity index (χ2v) is 8.08. The van der Waals surface area contributed by atoms with Gasteiger partial charge in [0.2, 0.25) is 5.91 Å². The van der Waals surface area contributed by atoms with Crippen molar-refractivity contribution in [3.63, 3.8) is 0 Å². The van der Waals surface area contributed by atoms with Gasteiger partial charge < -0.3 is 15.4 Å². The minimum absolute atomic E-state index is 0.0983. The van der Waals surface area contributed by atoms with Crippen LogP contribution < -0.4 is 10.6 Å². The SMILES string of the molecule is CCc1c(C#N)c(SC(C(N)=O)c2ccccc2)nc(N(C)C2CCOC2)c1C#N. The topological polar surface area (TPSA) is 116 Å². The first-order valence-electron chi connectivity index (χ1n) is 9.70. The van der Waals surface area contributed by atoms with Crippen LogP contribution in [0.25, 0.3) is 0 Å². The number of nitrogens with two attached hydrogens (primary N) is 1. The molecule has 3 rings (SSSR count). The Labute approximate surface area is 180 Å². The lowest BCUT2D eigenvalue weighted by Crippen LogP contribution is -2.33. The summed E-state index contributed by atoms with van der Waals surface area (Å²) < 4.78 is 5.49. The van der Waals surface area contributed by atoms with Crippen LogP contribution in [0.2, 0.25) is 0 Å². The number of rotatable bonds is 7. The molecule has 0 radical (unpaired) electrons. The predicted molar refractivity (Wildman–Crippen MR) is 115 cm³/mol. The molecule has 2 N–H and O–H groups in total. The number of primary amides is 1. The van der Waals surface area contributed by atoms with E-state index in [-0.39, 0.29) is 6.04 Å². The summed E-state index contributed by atoms with van der Waals surface area (Å²) >= 11 is 1.15. The van der Waals surface area contributed by atoms with Gasteiger partial charge in [0.05, 0.1) is 23.8 Å². The van der Waals surface area contributed by atoms with Gasteiger partial charge in [-0.2, -0.15) is 10.5 Å². The van der Waals surface area contributed by atoms with Crippen LogP contribution in [0.1, 0.15) is 40.8 Å². The molecular formula is C22H23N5O2S. The average molecular weight is 422 g/mol. The fourth-order valence-corrected chi connectivity index (χ4v) is 4.61. The van der Waals surface area contributed by atoms with Crippen molar-refractivity contribution < 1.29 is 9.53 Å². The van der Waals surface area contributed by atoms with Crippen molar-refractivity contribution in [2.24, 2.45) is 5.73 Å². The summed E-state index contributed by atoms with van der Waals surface area (Å²) in [4.78, 5) is 18.9. The van der Waals surface area contributed by atoms with Crippen LogP contribution in [-0.2, 0) is 16.0 Å². The van der Waals surface area contributed by atoms with Gasteiger partial charge in [-0.15, -0.1) is 0 Å². The molecule has 1 aliphatic heterocycles. The van der Waals surface area contributed by atoms with Gasteiger partial charge in [-0.1, -0.05) is 49.0 Å². The van der Waals surface area contributed by atoms with Crippen LogP contribution in [0, 0.1) is 22.7 Å². The van der Waals surface area contributed by atoms with Crippen molar-refractivity contribution in [3.05, 3.63) is 52.6 Å². The predicted octanol–water partition coefficient (Wildman–Crippen LogP) is 2.93. The van der Waals surface area contributed by atoms with Crippen LogP contribution in [-0.4, -0.2) is 37.2 Å². The highest BCUT2D eigenvalue weighted by Crippen LogP contribution is 2.39. The third kappa shape index (κ3) is 4.25. The molecule has 1 aliphatic rings. The normalized spacial score (nSPS) is 16.5. The maximum Gasteiger partial charge on any atom is 0.235 e. The molecule has 1 amide bonds. The highest BCUT2D eigenvalue weighted by molar-refractivity contribution is 8.00. The number of carbonyl (C=O) groups excluding carboxylic acids is 1. The zero-order chi connectivity index (χ0) is 21.7. The number of likely N-dealkylation sites (N-methyl/N-ethyl adjacent to an activating group) is 1. The van der Waals surface area contributed by atoms with E-state index in [1.54, 1.807) is 0 Å². The number of aromatic nitrogens is 1. The second-order valence-electron chi connectivity index (χ2n) is 6.99. The smallest absolute Gasteiger partial charge is 0.235 e. The third-order valence-electron chi connectivity index (χ3n) is 5.20. The Hall–Kier alpha value is -3.07. The molecule has 0 spiro atoms. The first-order chi connectivity index (χ1) is 14.5. The van der Waals surface area contributed by atoms with E-state index in [1.807, 2.05) is 49.2 Å². The van der Waals surface area contributed by atoms with Crippen LogP contribution in [0.15, 0.2) is 35.4 Å². The number of amides is 1. The molecule has 1 fully saturated rings. The van der Waals surface area contributed by atoms with Gasteiger partial charge in [0.25, 0.3) is 0 Å². The average Bonchev–Trinajstić information content (AvgIpc) is 3.31. The van der Waals surface area contributed by atoms with Gasteiger partial charge in [-0.3, -0.25) is 4.79 Å². The van der Waals surface area contributed by atoms with Crippen molar-refractivity contribution in [2.75, 3.05) is 25.2 Å². The molecule has 30 heavy (non-hydrogen) atoms.